The van der Waals surface area contributed by atoms with Crippen molar-refractivity contribution < 1.29 is 36.3 Å². The fourth-order valence-corrected chi connectivity index (χ4v) is 5.40. The zero-order valence-corrected chi connectivity index (χ0v) is 22.0. The number of nitrogens with one attached hydrogen (secondary N) is 1. The molecular formula is C29H22F5N5O3. The number of hydrogen-bond acceptors (Lipinski definition) is 5. The summed E-state index contributed by atoms with van der Waals surface area (Å²) in [7, 11) is 0. The van der Waals surface area contributed by atoms with Crippen molar-refractivity contribution >= 4 is 17.7 Å². The van der Waals surface area contributed by atoms with Gasteiger partial charge in [0.25, 0.3) is 5.91 Å². The zero-order valence-electron chi connectivity index (χ0n) is 22.0. The Morgan fingerprint density at radius 3 is 2.50 bits per heavy atom. The Hall–Kier alpha value is -4.81. The van der Waals surface area contributed by atoms with Crippen LogP contribution in [0.15, 0.2) is 60.9 Å². The number of hydrogen-bond donors (Lipinski definition) is 1. The lowest BCUT2D eigenvalue weighted by molar-refractivity contribution is -0.140. The topological polar surface area (TPSA) is 89.3 Å². The van der Waals surface area contributed by atoms with E-state index < -0.39 is 41.0 Å². The van der Waals surface area contributed by atoms with Gasteiger partial charge in [0, 0.05) is 49.5 Å². The molecule has 1 saturated heterocycles. The third kappa shape index (κ3) is 4.74. The van der Waals surface area contributed by atoms with Crippen LogP contribution in [0.4, 0.5) is 32.4 Å². The standard InChI is InChI=1S/C29H22F5N5O3/c1-16-11-23-20(13-22(16)31)28(42-27(41)36-23)6-9-38(10-7-28)26(40)24-14-25(17-3-2-8-35-15-17)39(37-24)18-4-5-21(30)19(12-18)29(32,33)34/h2-5,8,11-15H,6-7,9-10H2,1H3,(H,36,41). The molecule has 0 aliphatic carbocycles. The molecule has 0 atom stereocenters. The summed E-state index contributed by atoms with van der Waals surface area (Å²) < 4.78 is 75.6. The number of fused-ring (bicyclic) bond motifs is 2. The highest BCUT2D eigenvalue weighted by Crippen LogP contribution is 2.44. The van der Waals surface area contributed by atoms with Crippen LogP contribution in [0.25, 0.3) is 16.9 Å². The van der Waals surface area contributed by atoms with Gasteiger partial charge in [0.15, 0.2) is 5.69 Å². The second-order valence-electron chi connectivity index (χ2n) is 10.2. The number of likely N-dealkylation sites (tertiary alicyclic amines) is 1. The van der Waals surface area contributed by atoms with Crippen LogP contribution in [0.3, 0.4) is 0 Å². The molecule has 42 heavy (non-hydrogen) atoms. The SMILES string of the molecule is Cc1cc2c(cc1F)C1(CCN(C(=O)c3cc(-c4cccnc4)n(-c4ccc(F)c(C(F)(F)F)c4)n3)CC1)OC(=O)N2. The Balaban J connectivity index is 1.32. The van der Waals surface area contributed by atoms with Crippen LogP contribution >= 0.6 is 0 Å². The van der Waals surface area contributed by atoms with Crippen molar-refractivity contribution in [1.29, 1.82) is 0 Å². The second-order valence-corrected chi connectivity index (χ2v) is 10.2. The Kier molecular flexibility index (Phi) is 6.47. The third-order valence-electron chi connectivity index (χ3n) is 7.56. The second kappa shape index (κ2) is 9.93. The Morgan fingerprint density at radius 2 is 1.81 bits per heavy atom. The van der Waals surface area contributed by atoms with E-state index in [-0.39, 0.29) is 43.0 Å². The molecule has 2 aromatic heterocycles. The normalized spacial score (nSPS) is 16.1. The van der Waals surface area contributed by atoms with E-state index in [2.05, 4.69) is 15.4 Å². The van der Waals surface area contributed by atoms with Gasteiger partial charge in [-0.1, -0.05) is 0 Å². The van der Waals surface area contributed by atoms with Crippen molar-refractivity contribution in [2.24, 2.45) is 0 Å². The van der Waals surface area contributed by atoms with E-state index in [4.69, 9.17) is 4.74 Å². The van der Waals surface area contributed by atoms with Crippen LogP contribution in [-0.2, 0) is 16.5 Å². The number of pyridine rings is 1. The van der Waals surface area contributed by atoms with Crippen molar-refractivity contribution in [2.75, 3.05) is 18.4 Å². The van der Waals surface area contributed by atoms with E-state index >= 15 is 0 Å². The van der Waals surface area contributed by atoms with Gasteiger partial charge >= 0.3 is 12.3 Å². The van der Waals surface area contributed by atoms with E-state index in [9.17, 15) is 31.5 Å². The number of ether oxygens (including phenoxy) is 1. The fraction of sp³-hybridized carbons (Fsp3) is 0.241. The van der Waals surface area contributed by atoms with E-state index in [1.807, 2.05) is 0 Å². The van der Waals surface area contributed by atoms with Crippen LogP contribution in [0.1, 0.15) is 40.0 Å². The van der Waals surface area contributed by atoms with Gasteiger partial charge in [0.1, 0.15) is 17.2 Å². The number of piperidine rings is 1. The Labute approximate surface area is 235 Å². The largest absolute Gasteiger partial charge is 0.438 e. The molecule has 216 valence electrons. The number of amides is 2. The van der Waals surface area contributed by atoms with Crippen LogP contribution in [0.2, 0.25) is 0 Å². The molecule has 4 aromatic rings. The third-order valence-corrected chi connectivity index (χ3v) is 7.56. The Morgan fingerprint density at radius 1 is 1.05 bits per heavy atom. The summed E-state index contributed by atoms with van der Waals surface area (Å²) in [6.07, 6.45) is -2.27. The van der Waals surface area contributed by atoms with Gasteiger partial charge in [0.05, 0.1) is 22.6 Å². The molecule has 1 N–H and O–H groups in total. The molecule has 1 fully saturated rings. The minimum atomic E-state index is -4.94. The van der Waals surface area contributed by atoms with Crippen LogP contribution in [-0.4, -0.2) is 44.8 Å². The number of aryl methyl sites for hydroxylation is 1. The van der Waals surface area contributed by atoms with E-state index in [1.54, 1.807) is 19.1 Å². The lowest BCUT2D eigenvalue weighted by Gasteiger charge is -2.44. The lowest BCUT2D eigenvalue weighted by Crippen LogP contribution is -2.50. The number of carbonyl (C=O) groups excluding carboxylic acids is 2. The Bertz CT molecular complexity index is 1710. The first-order valence-electron chi connectivity index (χ1n) is 12.9. The number of alkyl halides is 3. The van der Waals surface area contributed by atoms with Gasteiger partial charge in [-0.15, -0.1) is 0 Å². The number of halogens is 5. The number of benzene rings is 2. The predicted molar refractivity (Wildman–Crippen MR) is 140 cm³/mol. The quantitative estimate of drug-likeness (QED) is 0.289. The highest BCUT2D eigenvalue weighted by Gasteiger charge is 2.46. The molecule has 2 aliphatic rings. The van der Waals surface area contributed by atoms with Crippen molar-refractivity contribution in [2.45, 2.75) is 31.5 Å². The van der Waals surface area contributed by atoms with Gasteiger partial charge in [-0.2, -0.15) is 18.3 Å². The van der Waals surface area contributed by atoms with Crippen molar-refractivity contribution in [3.05, 3.63) is 94.9 Å². The number of aromatic nitrogens is 3. The maximum absolute atomic E-state index is 14.5. The summed E-state index contributed by atoms with van der Waals surface area (Å²) >= 11 is 0. The molecule has 0 radical (unpaired) electrons. The van der Waals surface area contributed by atoms with Crippen LogP contribution < -0.4 is 5.32 Å². The molecule has 13 heteroatoms. The number of rotatable bonds is 3. The number of anilines is 1. The zero-order chi connectivity index (χ0) is 29.8. The molecular weight excluding hydrogens is 561 g/mol. The molecule has 6 rings (SSSR count). The molecule has 0 unspecified atom stereocenters. The van der Waals surface area contributed by atoms with Gasteiger partial charge in [-0.25, -0.2) is 18.3 Å². The predicted octanol–water partition coefficient (Wildman–Crippen LogP) is 6.23. The molecule has 4 heterocycles. The van der Waals surface area contributed by atoms with Crippen molar-refractivity contribution in [3.63, 3.8) is 0 Å². The smallest absolute Gasteiger partial charge is 0.419 e. The minimum Gasteiger partial charge on any atom is -0.438 e. The average molecular weight is 584 g/mol. The lowest BCUT2D eigenvalue weighted by atomic mass is 9.81. The van der Waals surface area contributed by atoms with E-state index in [1.165, 1.54) is 35.5 Å². The highest BCUT2D eigenvalue weighted by atomic mass is 19.4. The molecule has 2 aliphatic heterocycles. The molecule has 2 aromatic carbocycles. The van der Waals surface area contributed by atoms with Crippen LogP contribution in [0, 0.1) is 18.6 Å². The van der Waals surface area contributed by atoms with Crippen molar-refractivity contribution in [1.82, 2.24) is 19.7 Å². The number of nitrogens with zero attached hydrogens (tertiary/aromatic N) is 4. The molecule has 0 saturated carbocycles. The van der Waals surface area contributed by atoms with Crippen molar-refractivity contribution in [3.8, 4) is 16.9 Å². The summed E-state index contributed by atoms with van der Waals surface area (Å²) in [5.74, 6) is -2.40. The van der Waals surface area contributed by atoms with E-state index in [0.717, 1.165) is 10.7 Å². The summed E-state index contributed by atoms with van der Waals surface area (Å²) in [6.45, 7) is 1.84. The summed E-state index contributed by atoms with van der Waals surface area (Å²) in [5.41, 5.74) is -0.735. The summed E-state index contributed by atoms with van der Waals surface area (Å²) in [4.78, 5) is 31.5. The van der Waals surface area contributed by atoms with Crippen LogP contribution in [0.5, 0.6) is 0 Å². The molecule has 0 bridgehead atoms. The highest BCUT2D eigenvalue weighted by molar-refractivity contribution is 5.94. The fourth-order valence-electron chi connectivity index (χ4n) is 5.40. The number of carbonyl (C=O) groups is 2. The summed E-state index contributed by atoms with van der Waals surface area (Å²) in [5, 5.41) is 6.92. The van der Waals surface area contributed by atoms with Gasteiger partial charge in [0.2, 0.25) is 0 Å². The first-order chi connectivity index (χ1) is 19.9. The monoisotopic (exact) mass is 583 g/mol. The van der Waals surface area contributed by atoms with Gasteiger partial charge in [-0.05, 0) is 61.0 Å². The summed E-state index contributed by atoms with van der Waals surface area (Å²) in [6, 6.07) is 10.0. The maximum atomic E-state index is 14.5. The maximum Gasteiger partial charge on any atom is 0.419 e. The molecule has 2 amide bonds. The first kappa shape index (κ1) is 27.4. The molecule has 8 nitrogen and oxygen atoms in total. The first-order valence-corrected chi connectivity index (χ1v) is 12.9. The van der Waals surface area contributed by atoms with Gasteiger partial charge in [-0.3, -0.25) is 15.1 Å². The van der Waals surface area contributed by atoms with Gasteiger partial charge < -0.3 is 9.64 Å². The van der Waals surface area contributed by atoms with E-state index in [0.29, 0.717) is 34.5 Å². The minimum absolute atomic E-state index is 0.0629. The molecule has 1 spiro atoms. The average Bonchev–Trinajstić information content (AvgIpc) is 3.40.